The normalized spacial score (nSPS) is 14.7. The molecule has 2 atom stereocenters. The van der Waals surface area contributed by atoms with Gasteiger partial charge < -0.3 is 9.84 Å². The molecule has 0 aliphatic carbocycles. The number of aliphatic hydroxyl groups is 1. The molecule has 0 fully saturated rings. The zero-order valence-electron chi connectivity index (χ0n) is 11.8. The Balaban J connectivity index is 2.56. The first-order chi connectivity index (χ1) is 8.66. The van der Waals surface area contributed by atoms with Crippen molar-refractivity contribution in [2.45, 2.75) is 52.2 Å². The third-order valence-corrected chi connectivity index (χ3v) is 3.17. The van der Waals surface area contributed by atoms with Crippen LogP contribution in [0.2, 0.25) is 0 Å². The molecule has 0 aromatic heterocycles. The quantitative estimate of drug-likeness (QED) is 0.708. The number of ether oxygens (including phenoxy) is 1. The van der Waals surface area contributed by atoms with Crippen LogP contribution >= 0.6 is 0 Å². The predicted octanol–water partition coefficient (Wildman–Crippen LogP) is 3.95. The third kappa shape index (κ3) is 4.79. The third-order valence-electron chi connectivity index (χ3n) is 3.17. The first kappa shape index (κ1) is 15.2. The topological polar surface area (TPSA) is 29.5 Å². The summed E-state index contributed by atoms with van der Waals surface area (Å²) in [6, 6.07) is 9.77. The van der Waals surface area contributed by atoms with Crippen molar-refractivity contribution in [1.82, 2.24) is 0 Å². The number of rotatable bonds is 8. The van der Waals surface area contributed by atoms with Crippen molar-refractivity contribution in [3.8, 4) is 0 Å². The lowest BCUT2D eigenvalue weighted by Crippen LogP contribution is -2.28. The molecule has 0 aliphatic heterocycles. The molecule has 1 aromatic rings. The van der Waals surface area contributed by atoms with Crippen LogP contribution in [-0.4, -0.2) is 17.8 Å². The summed E-state index contributed by atoms with van der Waals surface area (Å²) in [5.74, 6) is 0.307. The Hall–Kier alpha value is -0.860. The molecule has 1 N–H and O–H groups in total. The van der Waals surface area contributed by atoms with Gasteiger partial charge in [0.25, 0.3) is 0 Å². The molecule has 0 bridgehead atoms. The van der Waals surface area contributed by atoms with E-state index in [-0.39, 0.29) is 6.10 Å². The maximum absolute atomic E-state index is 10.4. The van der Waals surface area contributed by atoms with E-state index in [9.17, 15) is 5.11 Å². The van der Waals surface area contributed by atoms with Gasteiger partial charge in [0.05, 0.1) is 6.10 Å². The highest BCUT2D eigenvalue weighted by Gasteiger charge is 2.24. The zero-order chi connectivity index (χ0) is 13.4. The van der Waals surface area contributed by atoms with Crippen molar-refractivity contribution in [1.29, 1.82) is 0 Å². The van der Waals surface area contributed by atoms with E-state index in [1.54, 1.807) is 0 Å². The summed E-state index contributed by atoms with van der Waals surface area (Å²) in [5.41, 5.74) is 0.937. The number of hydrogen-bond donors (Lipinski definition) is 1. The minimum atomic E-state index is -0.534. The molecular weight excluding hydrogens is 224 g/mol. The Morgan fingerprint density at radius 2 is 1.78 bits per heavy atom. The van der Waals surface area contributed by atoms with Crippen LogP contribution in [0.5, 0.6) is 0 Å². The van der Waals surface area contributed by atoms with Crippen molar-refractivity contribution < 1.29 is 9.84 Å². The molecule has 0 heterocycles. The van der Waals surface area contributed by atoms with Crippen LogP contribution in [-0.2, 0) is 4.74 Å². The fourth-order valence-electron chi connectivity index (χ4n) is 2.06. The summed E-state index contributed by atoms with van der Waals surface area (Å²) < 4.78 is 5.87. The summed E-state index contributed by atoms with van der Waals surface area (Å²) >= 11 is 0. The van der Waals surface area contributed by atoms with Crippen molar-refractivity contribution in [3.05, 3.63) is 35.9 Å². The Kier molecular flexibility index (Phi) is 6.99. The molecule has 0 spiro atoms. The molecule has 0 aliphatic rings. The van der Waals surface area contributed by atoms with Gasteiger partial charge in [0.15, 0.2) is 0 Å². The molecule has 0 amide bonds. The second-order valence-corrected chi connectivity index (χ2v) is 5.14. The zero-order valence-corrected chi connectivity index (χ0v) is 11.8. The van der Waals surface area contributed by atoms with E-state index in [1.807, 2.05) is 30.3 Å². The Labute approximate surface area is 111 Å². The van der Waals surface area contributed by atoms with Crippen LogP contribution in [0.3, 0.4) is 0 Å². The van der Waals surface area contributed by atoms with Crippen LogP contribution in [0, 0.1) is 5.92 Å². The van der Waals surface area contributed by atoms with E-state index in [1.165, 1.54) is 12.8 Å². The van der Waals surface area contributed by atoms with E-state index in [0.29, 0.717) is 5.92 Å². The first-order valence-electron chi connectivity index (χ1n) is 7.01. The largest absolute Gasteiger partial charge is 0.386 e. The monoisotopic (exact) mass is 250 g/mol. The van der Waals surface area contributed by atoms with Gasteiger partial charge in [-0.2, -0.15) is 0 Å². The number of benzene rings is 1. The molecule has 102 valence electrons. The molecule has 2 nitrogen and oxygen atoms in total. The highest BCUT2D eigenvalue weighted by atomic mass is 16.5. The maximum atomic E-state index is 10.4. The van der Waals surface area contributed by atoms with Crippen molar-refractivity contribution in [2.75, 3.05) is 6.61 Å². The summed E-state index contributed by atoms with van der Waals surface area (Å²) in [5, 5.41) is 10.4. The fourth-order valence-corrected chi connectivity index (χ4v) is 2.06. The highest BCUT2D eigenvalue weighted by molar-refractivity contribution is 5.18. The fraction of sp³-hybridized carbons (Fsp3) is 0.625. The van der Waals surface area contributed by atoms with Crippen LogP contribution in [0.4, 0.5) is 0 Å². The molecule has 1 aromatic carbocycles. The molecule has 0 saturated carbocycles. The molecule has 2 unspecified atom stereocenters. The van der Waals surface area contributed by atoms with Crippen LogP contribution < -0.4 is 0 Å². The Bertz CT molecular complexity index is 308. The van der Waals surface area contributed by atoms with Gasteiger partial charge in [-0.15, -0.1) is 0 Å². The second kappa shape index (κ2) is 8.28. The van der Waals surface area contributed by atoms with E-state index >= 15 is 0 Å². The minimum Gasteiger partial charge on any atom is -0.386 e. The van der Waals surface area contributed by atoms with Gasteiger partial charge in [-0.25, -0.2) is 0 Å². The van der Waals surface area contributed by atoms with Gasteiger partial charge in [-0.3, -0.25) is 0 Å². The molecule has 0 radical (unpaired) electrons. The lowest BCUT2D eigenvalue weighted by Gasteiger charge is -2.27. The molecular formula is C16H26O2. The second-order valence-electron chi connectivity index (χ2n) is 5.14. The standard InChI is InChI=1S/C16H26O2/c1-4-5-9-12-18-16(13(2)3)15(17)14-10-7-6-8-11-14/h6-8,10-11,13,15-17H,4-5,9,12H2,1-3H3. The van der Waals surface area contributed by atoms with Crippen molar-refractivity contribution in [3.63, 3.8) is 0 Å². The van der Waals surface area contributed by atoms with Gasteiger partial charge in [-0.05, 0) is 17.9 Å². The van der Waals surface area contributed by atoms with Gasteiger partial charge in [-0.1, -0.05) is 63.9 Å². The first-order valence-corrected chi connectivity index (χ1v) is 7.01. The summed E-state index contributed by atoms with van der Waals surface area (Å²) in [4.78, 5) is 0. The number of hydrogen-bond acceptors (Lipinski definition) is 2. The average Bonchev–Trinajstić information content (AvgIpc) is 2.39. The number of aliphatic hydroxyl groups excluding tert-OH is 1. The summed E-state index contributed by atoms with van der Waals surface area (Å²) in [7, 11) is 0. The Morgan fingerprint density at radius 1 is 1.11 bits per heavy atom. The van der Waals surface area contributed by atoms with E-state index in [4.69, 9.17) is 4.74 Å². The lowest BCUT2D eigenvalue weighted by atomic mass is 9.96. The summed E-state index contributed by atoms with van der Waals surface area (Å²) in [6.07, 6.45) is 2.79. The molecule has 18 heavy (non-hydrogen) atoms. The maximum Gasteiger partial charge on any atom is 0.105 e. The minimum absolute atomic E-state index is 0.121. The van der Waals surface area contributed by atoms with Gasteiger partial charge in [0, 0.05) is 6.61 Å². The number of unbranched alkanes of at least 4 members (excludes halogenated alkanes) is 2. The highest BCUT2D eigenvalue weighted by Crippen LogP contribution is 2.24. The molecule has 1 rings (SSSR count). The smallest absolute Gasteiger partial charge is 0.105 e. The van der Waals surface area contributed by atoms with Gasteiger partial charge >= 0.3 is 0 Å². The average molecular weight is 250 g/mol. The SMILES string of the molecule is CCCCCOC(C(C)C)C(O)c1ccccc1. The summed E-state index contributed by atoms with van der Waals surface area (Å²) in [6.45, 7) is 7.10. The van der Waals surface area contributed by atoms with Crippen LogP contribution in [0.15, 0.2) is 30.3 Å². The van der Waals surface area contributed by atoms with Crippen molar-refractivity contribution in [2.24, 2.45) is 5.92 Å². The predicted molar refractivity (Wildman–Crippen MR) is 75.5 cm³/mol. The van der Waals surface area contributed by atoms with E-state index < -0.39 is 6.10 Å². The lowest BCUT2D eigenvalue weighted by molar-refractivity contribution is -0.0640. The van der Waals surface area contributed by atoms with Gasteiger partial charge in [0.1, 0.15) is 6.10 Å². The molecule has 0 saturated heterocycles. The van der Waals surface area contributed by atoms with Crippen molar-refractivity contribution >= 4 is 0 Å². The van der Waals surface area contributed by atoms with Gasteiger partial charge in [0.2, 0.25) is 0 Å². The van der Waals surface area contributed by atoms with E-state index in [0.717, 1.165) is 18.6 Å². The Morgan fingerprint density at radius 3 is 2.33 bits per heavy atom. The van der Waals surface area contributed by atoms with E-state index in [2.05, 4.69) is 20.8 Å². The van der Waals surface area contributed by atoms with Crippen LogP contribution in [0.25, 0.3) is 0 Å². The van der Waals surface area contributed by atoms with Crippen LogP contribution in [0.1, 0.15) is 51.7 Å². The molecule has 2 heteroatoms.